The van der Waals surface area contributed by atoms with Crippen molar-refractivity contribution in [2.75, 3.05) is 25.9 Å². The molecule has 0 radical (unpaired) electrons. The van der Waals surface area contributed by atoms with E-state index >= 15 is 0 Å². The van der Waals surface area contributed by atoms with Crippen molar-refractivity contribution in [3.8, 4) is 0 Å². The third-order valence-electron chi connectivity index (χ3n) is 2.97. The Morgan fingerprint density at radius 3 is 2.75 bits per heavy atom. The highest BCUT2D eigenvalue weighted by molar-refractivity contribution is 5.90. The Kier molecular flexibility index (Phi) is 6.44. The van der Waals surface area contributed by atoms with Crippen LogP contribution in [0.25, 0.3) is 0 Å². The Hall–Kier alpha value is -1.63. The van der Waals surface area contributed by atoms with Crippen molar-refractivity contribution in [3.05, 3.63) is 29.3 Å². The number of ether oxygens (including phenoxy) is 1. The summed E-state index contributed by atoms with van der Waals surface area (Å²) in [7, 11) is 1.76. The lowest BCUT2D eigenvalue weighted by atomic mass is 9.98. The van der Waals surface area contributed by atoms with Crippen LogP contribution in [0.3, 0.4) is 0 Å². The SMILES string of the molecule is CCOC(=O)c1ccc(N)c(C(O)C(O)CCNC)c1. The molecule has 0 fully saturated rings. The Balaban J connectivity index is 2.92. The number of hydrogen-bond donors (Lipinski definition) is 4. The molecule has 0 aliphatic heterocycles. The molecule has 1 rings (SSSR count). The maximum absolute atomic E-state index is 11.7. The maximum atomic E-state index is 11.7. The standard InChI is InChI=1S/C14H22N2O4/c1-3-20-14(19)9-4-5-11(15)10(8-9)13(18)12(17)6-7-16-2/h4-5,8,12-13,16-18H,3,6-7,15H2,1-2H3. The predicted octanol–water partition coefficient (Wildman–Crippen LogP) is 0.449. The van der Waals surface area contributed by atoms with Gasteiger partial charge in [0.25, 0.3) is 0 Å². The summed E-state index contributed by atoms with van der Waals surface area (Å²) in [6, 6.07) is 4.51. The summed E-state index contributed by atoms with van der Waals surface area (Å²) < 4.78 is 4.89. The van der Waals surface area contributed by atoms with E-state index in [2.05, 4.69) is 5.32 Å². The molecule has 0 aliphatic rings. The first-order valence-electron chi connectivity index (χ1n) is 6.58. The van der Waals surface area contributed by atoms with E-state index in [0.717, 1.165) is 0 Å². The molecule has 112 valence electrons. The molecule has 0 spiro atoms. The third kappa shape index (κ3) is 4.19. The average molecular weight is 282 g/mol. The molecule has 6 nitrogen and oxygen atoms in total. The molecule has 2 atom stereocenters. The Labute approximate surface area is 118 Å². The van der Waals surface area contributed by atoms with E-state index in [1.54, 1.807) is 14.0 Å². The van der Waals surface area contributed by atoms with Crippen LogP contribution < -0.4 is 11.1 Å². The molecule has 0 saturated carbocycles. The number of esters is 1. The zero-order valence-corrected chi connectivity index (χ0v) is 11.8. The fraction of sp³-hybridized carbons (Fsp3) is 0.500. The molecule has 0 heterocycles. The van der Waals surface area contributed by atoms with E-state index in [1.165, 1.54) is 18.2 Å². The molecule has 20 heavy (non-hydrogen) atoms. The van der Waals surface area contributed by atoms with E-state index in [1.807, 2.05) is 0 Å². The van der Waals surface area contributed by atoms with Crippen LogP contribution in [0.2, 0.25) is 0 Å². The number of hydrogen-bond acceptors (Lipinski definition) is 6. The molecule has 6 heteroatoms. The predicted molar refractivity (Wildman–Crippen MR) is 76.3 cm³/mol. The summed E-state index contributed by atoms with van der Waals surface area (Å²) in [6.07, 6.45) is -1.72. The number of nitrogen functional groups attached to an aromatic ring is 1. The molecule has 1 aromatic rings. The van der Waals surface area contributed by atoms with Crippen molar-refractivity contribution in [3.63, 3.8) is 0 Å². The second kappa shape index (κ2) is 7.84. The minimum atomic E-state index is -1.14. The average Bonchev–Trinajstić information content (AvgIpc) is 2.44. The van der Waals surface area contributed by atoms with Crippen LogP contribution in [-0.4, -0.2) is 42.5 Å². The van der Waals surface area contributed by atoms with Gasteiger partial charge in [0.2, 0.25) is 0 Å². The highest BCUT2D eigenvalue weighted by Gasteiger charge is 2.21. The van der Waals surface area contributed by atoms with Crippen LogP contribution in [0.5, 0.6) is 0 Å². The normalized spacial score (nSPS) is 13.8. The summed E-state index contributed by atoms with van der Waals surface area (Å²) in [5, 5.41) is 22.9. The van der Waals surface area contributed by atoms with Gasteiger partial charge in [0, 0.05) is 11.3 Å². The first kappa shape index (κ1) is 16.4. The van der Waals surface area contributed by atoms with E-state index in [0.29, 0.717) is 29.8 Å². The zero-order valence-electron chi connectivity index (χ0n) is 11.8. The molecule has 5 N–H and O–H groups in total. The van der Waals surface area contributed by atoms with E-state index in [-0.39, 0.29) is 6.61 Å². The summed E-state index contributed by atoms with van der Waals surface area (Å²) in [5.74, 6) is -0.481. The van der Waals surface area contributed by atoms with Crippen LogP contribution in [-0.2, 0) is 4.74 Å². The largest absolute Gasteiger partial charge is 0.462 e. The Morgan fingerprint density at radius 1 is 1.45 bits per heavy atom. The molecule has 0 saturated heterocycles. The Morgan fingerprint density at radius 2 is 2.15 bits per heavy atom. The number of benzene rings is 1. The number of rotatable bonds is 7. The first-order chi connectivity index (χ1) is 9.51. The summed E-state index contributed by atoms with van der Waals surface area (Å²) in [5.41, 5.74) is 6.75. The van der Waals surface area contributed by atoms with Crippen LogP contribution >= 0.6 is 0 Å². The number of nitrogens with two attached hydrogens (primary N) is 1. The van der Waals surface area contributed by atoms with E-state index in [9.17, 15) is 15.0 Å². The minimum absolute atomic E-state index is 0.270. The van der Waals surface area contributed by atoms with Crippen LogP contribution in [0.4, 0.5) is 5.69 Å². The van der Waals surface area contributed by atoms with Gasteiger partial charge in [-0.25, -0.2) is 4.79 Å². The van der Waals surface area contributed by atoms with Gasteiger partial charge in [-0.1, -0.05) is 0 Å². The molecule has 0 bridgehead atoms. The fourth-order valence-corrected chi connectivity index (χ4v) is 1.83. The topological polar surface area (TPSA) is 105 Å². The lowest BCUT2D eigenvalue weighted by Gasteiger charge is -2.20. The van der Waals surface area contributed by atoms with Crippen LogP contribution in [0.1, 0.15) is 35.4 Å². The van der Waals surface area contributed by atoms with Crippen molar-refractivity contribution in [2.24, 2.45) is 0 Å². The van der Waals surface area contributed by atoms with Gasteiger partial charge in [-0.05, 0) is 45.1 Å². The maximum Gasteiger partial charge on any atom is 0.338 e. The van der Waals surface area contributed by atoms with Gasteiger partial charge in [0.15, 0.2) is 0 Å². The molecule has 0 amide bonds. The van der Waals surface area contributed by atoms with Crippen molar-refractivity contribution in [2.45, 2.75) is 25.6 Å². The van der Waals surface area contributed by atoms with Gasteiger partial charge >= 0.3 is 5.97 Å². The molecular formula is C14H22N2O4. The number of anilines is 1. The van der Waals surface area contributed by atoms with Gasteiger partial charge < -0.3 is 26.0 Å². The van der Waals surface area contributed by atoms with Crippen molar-refractivity contribution >= 4 is 11.7 Å². The van der Waals surface area contributed by atoms with Gasteiger partial charge in [-0.3, -0.25) is 0 Å². The second-order valence-electron chi connectivity index (χ2n) is 4.47. The lowest BCUT2D eigenvalue weighted by molar-refractivity contribution is 0.0143. The van der Waals surface area contributed by atoms with Crippen LogP contribution in [0, 0.1) is 0 Å². The molecular weight excluding hydrogens is 260 g/mol. The van der Waals surface area contributed by atoms with Gasteiger partial charge in [0.1, 0.15) is 6.10 Å². The van der Waals surface area contributed by atoms with Crippen LogP contribution in [0.15, 0.2) is 18.2 Å². The lowest BCUT2D eigenvalue weighted by Crippen LogP contribution is -2.24. The summed E-state index contributed by atoms with van der Waals surface area (Å²) in [4.78, 5) is 11.7. The van der Waals surface area contributed by atoms with Crippen molar-refractivity contribution in [1.82, 2.24) is 5.32 Å². The monoisotopic (exact) mass is 282 g/mol. The van der Waals surface area contributed by atoms with Gasteiger partial charge in [-0.2, -0.15) is 0 Å². The zero-order chi connectivity index (χ0) is 15.1. The fourth-order valence-electron chi connectivity index (χ4n) is 1.83. The number of nitrogens with one attached hydrogen (secondary N) is 1. The summed E-state index contributed by atoms with van der Waals surface area (Å²) >= 11 is 0. The Bertz CT molecular complexity index is 451. The quantitative estimate of drug-likeness (QED) is 0.427. The third-order valence-corrected chi connectivity index (χ3v) is 2.97. The van der Waals surface area contributed by atoms with Crippen molar-refractivity contribution in [1.29, 1.82) is 0 Å². The number of carbonyl (C=O) groups is 1. The van der Waals surface area contributed by atoms with E-state index < -0.39 is 18.2 Å². The molecule has 0 aromatic heterocycles. The smallest absolute Gasteiger partial charge is 0.338 e. The molecule has 0 aliphatic carbocycles. The highest BCUT2D eigenvalue weighted by Crippen LogP contribution is 2.26. The molecule has 2 unspecified atom stereocenters. The second-order valence-corrected chi connectivity index (χ2v) is 4.47. The number of aliphatic hydroxyl groups is 2. The summed E-state index contributed by atoms with van der Waals surface area (Å²) in [6.45, 7) is 2.55. The highest BCUT2D eigenvalue weighted by atomic mass is 16.5. The van der Waals surface area contributed by atoms with Crippen molar-refractivity contribution < 1.29 is 19.7 Å². The minimum Gasteiger partial charge on any atom is -0.462 e. The van der Waals surface area contributed by atoms with Gasteiger partial charge in [-0.15, -0.1) is 0 Å². The molecule has 1 aromatic carbocycles. The number of aliphatic hydroxyl groups excluding tert-OH is 2. The first-order valence-corrected chi connectivity index (χ1v) is 6.58. The number of carbonyl (C=O) groups excluding carboxylic acids is 1. The van der Waals surface area contributed by atoms with E-state index in [4.69, 9.17) is 10.5 Å². The van der Waals surface area contributed by atoms with Gasteiger partial charge in [0.05, 0.1) is 18.3 Å².